The zero-order valence-corrected chi connectivity index (χ0v) is 13.0. The zero-order valence-electron chi connectivity index (χ0n) is 12.2. The Morgan fingerprint density at radius 1 is 1.37 bits per heavy atom. The molecule has 1 aromatic rings. The average molecular weight is 277 g/mol. The van der Waals surface area contributed by atoms with Gasteiger partial charge in [-0.15, -0.1) is 0 Å². The number of amidine groups is 1. The quantitative estimate of drug-likeness (QED) is 0.917. The predicted octanol–water partition coefficient (Wildman–Crippen LogP) is 2.60. The minimum atomic E-state index is 0.305. The van der Waals surface area contributed by atoms with Crippen molar-refractivity contribution in [3.63, 3.8) is 0 Å². The summed E-state index contributed by atoms with van der Waals surface area (Å²) in [5.41, 5.74) is 4.11. The fraction of sp³-hybridized carbons (Fsp3) is 0.533. The van der Waals surface area contributed by atoms with E-state index in [0.717, 1.165) is 24.0 Å². The summed E-state index contributed by atoms with van der Waals surface area (Å²) >= 11 is 1.82. The first-order valence-corrected chi connectivity index (χ1v) is 7.71. The molecule has 1 heterocycles. The molecular formula is C15H23N3S. The van der Waals surface area contributed by atoms with Crippen LogP contribution in [0, 0.1) is 13.8 Å². The largest absolute Gasteiger partial charge is 0.357 e. The standard InChI is InChI=1S/C15H23N3S/c1-11-6-5-7-13(12(11)2)14(10-18(3)4)17-15-16-8-9-19-15/h5-7,14H,8-10H2,1-4H3,(H,16,17). The number of hydrogen-bond acceptors (Lipinski definition) is 4. The van der Waals surface area contributed by atoms with Gasteiger partial charge in [0.1, 0.15) is 0 Å². The van der Waals surface area contributed by atoms with Gasteiger partial charge in [0.15, 0.2) is 5.17 Å². The van der Waals surface area contributed by atoms with E-state index in [9.17, 15) is 0 Å². The van der Waals surface area contributed by atoms with E-state index < -0.39 is 0 Å². The summed E-state index contributed by atoms with van der Waals surface area (Å²) in [6.07, 6.45) is 0. The summed E-state index contributed by atoms with van der Waals surface area (Å²) in [5, 5.41) is 4.69. The number of benzene rings is 1. The maximum absolute atomic E-state index is 4.51. The highest BCUT2D eigenvalue weighted by Gasteiger charge is 2.18. The van der Waals surface area contributed by atoms with Crippen LogP contribution in [-0.4, -0.2) is 43.0 Å². The van der Waals surface area contributed by atoms with Crippen molar-refractivity contribution in [2.45, 2.75) is 19.9 Å². The minimum Gasteiger partial charge on any atom is -0.357 e. The van der Waals surface area contributed by atoms with E-state index in [-0.39, 0.29) is 0 Å². The molecule has 19 heavy (non-hydrogen) atoms. The van der Waals surface area contributed by atoms with Gasteiger partial charge in [0.25, 0.3) is 0 Å². The first-order chi connectivity index (χ1) is 9.08. The molecule has 3 nitrogen and oxygen atoms in total. The van der Waals surface area contributed by atoms with Gasteiger partial charge in [-0.2, -0.15) is 0 Å². The van der Waals surface area contributed by atoms with Gasteiger partial charge in [-0.25, -0.2) is 0 Å². The molecule has 1 aromatic carbocycles. The Morgan fingerprint density at radius 2 is 2.16 bits per heavy atom. The zero-order chi connectivity index (χ0) is 13.8. The van der Waals surface area contributed by atoms with Crippen molar-refractivity contribution < 1.29 is 0 Å². The summed E-state index contributed by atoms with van der Waals surface area (Å²) in [4.78, 5) is 6.73. The van der Waals surface area contributed by atoms with Crippen LogP contribution in [0.4, 0.5) is 0 Å². The first-order valence-electron chi connectivity index (χ1n) is 6.72. The van der Waals surface area contributed by atoms with Gasteiger partial charge >= 0.3 is 0 Å². The SMILES string of the molecule is Cc1cccc(C(CN(C)C)NC2=NCCS2)c1C. The molecule has 0 aliphatic carbocycles. The second kappa shape index (κ2) is 6.44. The van der Waals surface area contributed by atoms with Crippen molar-refractivity contribution in [1.82, 2.24) is 10.2 Å². The van der Waals surface area contributed by atoms with Gasteiger partial charge in [0.2, 0.25) is 0 Å². The van der Waals surface area contributed by atoms with Crippen LogP contribution < -0.4 is 5.32 Å². The van der Waals surface area contributed by atoms with Crippen molar-refractivity contribution in [3.8, 4) is 0 Å². The van der Waals surface area contributed by atoms with Gasteiger partial charge in [-0.1, -0.05) is 30.0 Å². The highest BCUT2D eigenvalue weighted by molar-refractivity contribution is 8.14. The smallest absolute Gasteiger partial charge is 0.157 e. The van der Waals surface area contributed by atoms with Crippen LogP contribution >= 0.6 is 11.8 Å². The number of hydrogen-bond donors (Lipinski definition) is 1. The third kappa shape index (κ3) is 3.74. The Hall–Kier alpha value is -1.00. The molecule has 0 amide bonds. The molecule has 1 aliphatic rings. The Kier molecular flexibility index (Phi) is 4.88. The van der Waals surface area contributed by atoms with Gasteiger partial charge in [-0.05, 0) is 44.6 Å². The molecule has 0 spiro atoms. The monoisotopic (exact) mass is 277 g/mol. The second-order valence-electron chi connectivity index (χ2n) is 5.28. The molecule has 1 aliphatic heterocycles. The molecule has 1 unspecified atom stereocenters. The average Bonchev–Trinajstić information content (AvgIpc) is 2.84. The molecule has 4 heteroatoms. The second-order valence-corrected chi connectivity index (χ2v) is 6.37. The van der Waals surface area contributed by atoms with Gasteiger partial charge < -0.3 is 10.2 Å². The molecule has 0 saturated heterocycles. The van der Waals surface area contributed by atoms with Crippen LogP contribution in [0.3, 0.4) is 0 Å². The van der Waals surface area contributed by atoms with Crippen LogP contribution in [-0.2, 0) is 0 Å². The lowest BCUT2D eigenvalue weighted by Gasteiger charge is -2.25. The molecule has 2 rings (SSSR count). The number of aliphatic imine (C=N–C) groups is 1. The number of rotatable bonds is 4. The van der Waals surface area contributed by atoms with Gasteiger partial charge in [0, 0.05) is 12.3 Å². The Bertz CT molecular complexity index is 468. The fourth-order valence-corrected chi connectivity index (χ4v) is 3.09. The molecule has 1 atom stereocenters. The highest BCUT2D eigenvalue weighted by Crippen LogP contribution is 2.23. The topological polar surface area (TPSA) is 27.6 Å². The normalized spacial score (nSPS) is 16.6. The summed E-state index contributed by atoms with van der Waals surface area (Å²) in [6, 6.07) is 6.85. The van der Waals surface area contributed by atoms with E-state index >= 15 is 0 Å². The van der Waals surface area contributed by atoms with E-state index in [1.807, 2.05) is 11.8 Å². The van der Waals surface area contributed by atoms with E-state index in [1.165, 1.54) is 16.7 Å². The summed E-state index contributed by atoms with van der Waals surface area (Å²) in [6.45, 7) is 6.30. The molecule has 0 aromatic heterocycles. The van der Waals surface area contributed by atoms with Crippen LogP contribution in [0.1, 0.15) is 22.7 Å². The van der Waals surface area contributed by atoms with Gasteiger partial charge in [-0.3, -0.25) is 4.99 Å². The van der Waals surface area contributed by atoms with E-state index in [1.54, 1.807) is 0 Å². The lowest BCUT2D eigenvalue weighted by Crippen LogP contribution is -2.34. The molecule has 0 radical (unpaired) electrons. The predicted molar refractivity (Wildman–Crippen MR) is 85.1 cm³/mol. The fourth-order valence-electron chi connectivity index (χ4n) is 2.31. The van der Waals surface area contributed by atoms with E-state index in [0.29, 0.717) is 6.04 Å². The Labute approximate surface area is 120 Å². The van der Waals surface area contributed by atoms with Crippen molar-refractivity contribution >= 4 is 16.9 Å². The van der Waals surface area contributed by atoms with Crippen LogP contribution in [0.15, 0.2) is 23.2 Å². The third-order valence-electron chi connectivity index (χ3n) is 3.45. The van der Waals surface area contributed by atoms with Gasteiger partial charge in [0.05, 0.1) is 12.6 Å². The van der Waals surface area contributed by atoms with Crippen molar-refractivity contribution in [2.24, 2.45) is 4.99 Å². The number of likely N-dealkylation sites (N-methyl/N-ethyl adjacent to an activating group) is 1. The number of nitrogens with zero attached hydrogens (tertiary/aromatic N) is 2. The van der Waals surface area contributed by atoms with Crippen LogP contribution in [0.5, 0.6) is 0 Å². The highest BCUT2D eigenvalue weighted by atomic mass is 32.2. The summed E-state index contributed by atoms with van der Waals surface area (Å²) < 4.78 is 0. The van der Waals surface area contributed by atoms with E-state index in [2.05, 4.69) is 61.4 Å². The number of thioether (sulfide) groups is 1. The molecule has 1 N–H and O–H groups in total. The lowest BCUT2D eigenvalue weighted by atomic mass is 9.97. The molecular weight excluding hydrogens is 254 g/mol. The van der Waals surface area contributed by atoms with Crippen molar-refractivity contribution in [2.75, 3.05) is 32.9 Å². The Balaban J connectivity index is 2.23. The van der Waals surface area contributed by atoms with Crippen LogP contribution in [0.2, 0.25) is 0 Å². The summed E-state index contributed by atoms with van der Waals surface area (Å²) in [5.74, 6) is 1.10. The maximum Gasteiger partial charge on any atom is 0.157 e. The van der Waals surface area contributed by atoms with E-state index in [4.69, 9.17) is 0 Å². The summed E-state index contributed by atoms with van der Waals surface area (Å²) in [7, 11) is 4.23. The number of aryl methyl sites for hydroxylation is 1. The van der Waals surface area contributed by atoms with Crippen LogP contribution in [0.25, 0.3) is 0 Å². The number of nitrogens with one attached hydrogen (secondary N) is 1. The van der Waals surface area contributed by atoms with Crippen molar-refractivity contribution in [3.05, 3.63) is 34.9 Å². The third-order valence-corrected chi connectivity index (χ3v) is 4.36. The minimum absolute atomic E-state index is 0.305. The van der Waals surface area contributed by atoms with Crippen molar-refractivity contribution in [1.29, 1.82) is 0 Å². The molecule has 0 fully saturated rings. The molecule has 0 saturated carbocycles. The maximum atomic E-state index is 4.51. The molecule has 0 bridgehead atoms. The Morgan fingerprint density at radius 3 is 2.79 bits per heavy atom. The molecule has 104 valence electrons. The lowest BCUT2D eigenvalue weighted by molar-refractivity contribution is 0.363. The first kappa shape index (κ1) is 14.4.